The van der Waals surface area contributed by atoms with Gasteiger partial charge in [0.15, 0.2) is 6.34 Å². The zero-order valence-electron chi connectivity index (χ0n) is 5.77. The molecule has 1 amide bonds. The van der Waals surface area contributed by atoms with E-state index in [-0.39, 0.29) is 11.5 Å². The smallest absolute Gasteiger partial charge is 0.275 e. The number of primary amides is 1. The van der Waals surface area contributed by atoms with Crippen LogP contribution in [-0.4, -0.2) is 12.2 Å². The number of hydrogen-bond acceptors (Lipinski definition) is 5. The number of nitrogens with zero attached hydrogens (tertiary/aromatic N) is 2. The van der Waals surface area contributed by atoms with E-state index in [1.807, 2.05) is 0 Å². The number of hydrogen-bond donors (Lipinski definition) is 3. The predicted octanol–water partition coefficient (Wildman–Crippen LogP) is -2.66. The Morgan fingerprint density at radius 2 is 2.50 bits per heavy atom. The Labute approximate surface area is 66.3 Å². The van der Waals surface area contributed by atoms with Gasteiger partial charge in [-0.2, -0.15) is 10.4 Å². The zero-order chi connectivity index (χ0) is 9.14. The molecule has 4 N–H and O–H groups in total. The van der Waals surface area contributed by atoms with E-state index >= 15 is 0 Å². The number of hydroxylamine groups is 2. The zero-order valence-corrected chi connectivity index (χ0v) is 5.77. The highest BCUT2D eigenvalue weighted by molar-refractivity contribution is 5.94. The summed E-state index contributed by atoms with van der Waals surface area (Å²) in [6, 6.07) is 0. The summed E-state index contributed by atoms with van der Waals surface area (Å²) in [5.41, 5.74) is 6.36. The minimum absolute atomic E-state index is 0.278. The van der Waals surface area contributed by atoms with E-state index in [1.165, 1.54) is 0 Å². The van der Waals surface area contributed by atoms with Gasteiger partial charge >= 0.3 is 0 Å². The highest BCUT2D eigenvalue weighted by Gasteiger charge is 2.23. The molecule has 1 unspecified atom stereocenters. The summed E-state index contributed by atoms with van der Waals surface area (Å²) in [7, 11) is 0. The van der Waals surface area contributed by atoms with Crippen molar-refractivity contribution in [2.45, 2.75) is 0 Å². The molecule has 0 fully saturated rings. The van der Waals surface area contributed by atoms with Crippen LogP contribution in [-0.2, 0) is 4.79 Å². The lowest BCUT2D eigenvalue weighted by molar-refractivity contribution is -0.694. The summed E-state index contributed by atoms with van der Waals surface area (Å²) in [6.45, 7) is 0. The summed E-state index contributed by atoms with van der Waals surface area (Å²) < 4.78 is 0. The third-order valence-electron chi connectivity index (χ3n) is 1.18. The van der Waals surface area contributed by atoms with Crippen LogP contribution in [0.15, 0.2) is 21.8 Å². The number of amides is 1. The maximum Gasteiger partial charge on any atom is 0.275 e. The molecule has 8 heteroatoms. The first-order valence-electron chi connectivity index (χ1n) is 2.87. The minimum atomic E-state index is -0.886. The molecule has 0 aromatic rings. The fourth-order valence-corrected chi connectivity index (χ4v) is 0.709. The topological polar surface area (TPSA) is 124 Å². The van der Waals surface area contributed by atoms with Crippen LogP contribution in [0, 0.1) is 10.1 Å². The molecule has 1 aliphatic heterocycles. The van der Waals surface area contributed by atoms with Gasteiger partial charge in [-0.3, -0.25) is 9.86 Å². The van der Waals surface area contributed by atoms with Gasteiger partial charge in [-0.05, 0) is 0 Å². The maximum absolute atomic E-state index is 10.8. The number of carbonyl (C=O) groups is 1. The molecule has 0 aliphatic carbocycles. The highest BCUT2D eigenvalue weighted by Crippen LogP contribution is 1.99. The Hall–Kier alpha value is -1.80. The van der Waals surface area contributed by atoms with E-state index in [0.717, 1.165) is 6.34 Å². The van der Waals surface area contributed by atoms with Crippen LogP contribution in [0.25, 0.3) is 0 Å². The lowest BCUT2D eigenvalue weighted by Crippen LogP contribution is -3.04. The third-order valence-corrected chi connectivity index (χ3v) is 1.18. The van der Waals surface area contributed by atoms with Gasteiger partial charge in [0.2, 0.25) is 5.70 Å². The number of carbonyl (C=O) groups excluding carboxylic acids is 1. The fraction of sp³-hybridized carbons (Fsp3) is 0. The van der Waals surface area contributed by atoms with E-state index in [0.29, 0.717) is 0 Å². The van der Waals surface area contributed by atoms with Crippen LogP contribution in [0.5, 0.6) is 0 Å². The summed E-state index contributed by atoms with van der Waals surface area (Å²) in [5, 5.41) is 12.4. The minimum Gasteiger partial charge on any atom is -0.621 e. The highest BCUT2D eigenvalue weighted by atomic mass is 16.5. The average molecular weight is 171 g/mol. The molecule has 1 rings (SSSR count). The lowest BCUT2D eigenvalue weighted by atomic mass is 10.4. The van der Waals surface area contributed by atoms with Crippen LogP contribution < -0.4 is 16.2 Å². The number of rotatable bonds is 3. The quantitative estimate of drug-likeness (QED) is 0.243. The molecular weight excluding hydrogens is 166 g/mol. The Kier molecular flexibility index (Phi) is 2.12. The largest absolute Gasteiger partial charge is 0.621 e. The Morgan fingerprint density at radius 1 is 1.83 bits per heavy atom. The Bertz CT molecular complexity index is 282. The van der Waals surface area contributed by atoms with Crippen LogP contribution in [0.2, 0.25) is 0 Å². The summed E-state index contributed by atoms with van der Waals surface area (Å²) in [6.07, 6.45) is 0.883. The molecule has 0 radical (unpaired) electrons. The van der Waals surface area contributed by atoms with E-state index < -0.39 is 11.0 Å². The number of quaternary nitrogens is 1. The third kappa shape index (κ3) is 1.28. The molecule has 64 valence electrons. The van der Waals surface area contributed by atoms with Crippen molar-refractivity contribution < 1.29 is 9.86 Å². The summed E-state index contributed by atoms with van der Waals surface area (Å²) in [5.74, 6) is -1.17. The fourth-order valence-electron chi connectivity index (χ4n) is 0.709. The normalized spacial score (nSPS) is 21.2. The van der Waals surface area contributed by atoms with Crippen LogP contribution >= 0.6 is 0 Å². The molecule has 0 spiro atoms. The van der Waals surface area contributed by atoms with E-state index in [9.17, 15) is 14.9 Å². The van der Waals surface area contributed by atoms with Gasteiger partial charge in [-0.25, -0.2) is 0 Å². The van der Waals surface area contributed by atoms with Crippen molar-refractivity contribution in [3.05, 3.63) is 21.6 Å². The Morgan fingerprint density at radius 3 is 3.00 bits per heavy atom. The van der Waals surface area contributed by atoms with Crippen molar-refractivity contribution in [2.24, 2.45) is 16.0 Å². The SMILES string of the molecule is NC(=O)C1=C(NN=O)[NH+]([O-])C=N1. The molecule has 0 aromatic carbocycles. The second kappa shape index (κ2) is 3.07. The molecule has 12 heavy (non-hydrogen) atoms. The molecule has 1 aliphatic rings. The van der Waals surface area contributed by atoms with Crippen molar-refractivity contribution in [3.8, 4) is 0 Å². The molecule has 0 saturated carbocycles. The molecule has 0 bridgehead atoms. The van der Waals surface area contributed by atoms with E-state index in [4.69, 9.17) is 5.73 Å². The first-order valence-corrected chi connectivity index (χ1v) is 2.87. The molecule has 0 aromatic heterocycles. The predicted molar refractivity (Wildman–Crippen MR) is 38.0 cm³/mol. The van der Waals surface area contributed by atoms with Gasteiger partial charge in [0, 0.05) is 0 Å². The van der Waals surface area contributed by atoms with Gasteiger partial charge < -0.3 is 10.9 Å². The van der Waals surface area contributed by atoms with Crippen molar-refractivity contribution in [1.29, 1.82) is 0 Å². The summed E-state index contributed by atoms with van der Waals surface area (Å²) >= 11 is 0. The van der Waals surface area contributed by atoms with Crippen molar-refractivity contribution >= 4 is 12.2 Å². The standard InChI is InChI=1S/C4H5N5O3/c5-3(10)2-4(7-8-11)9(12)1-6-2/h1,9H,(H2,5,10)(H,7,11). The number of nitroso groups, excluding NO2 is 1. The van der Waals surface area contributed by atoms with Crippen molar-refractivity contribution in [3.63, 3.8) is 0 Å². The van der Waals surface area contributed by atoms with Gasteiger partial charge in [0.05, 0.1) is 5.29 Å². The van der Waals surface area contributed by atoms with Gasteiger partial charge in [0.1, 0.15) is 0 Å². The van der Waals surface area contributed by atoms with E-state index in [2.05, 4.69) is 10.3 Å². The first kappa shape index (κ1) is 8.30. The van der Waals surface area contributed by atoms with Crippen LogP contribution in [0.4, 0.5) is 0 Å². The van der Waals surface area contributed by atoms with Crippen molar-refractivity contribution in [2.75, 3.05) is 0 Å². The van der Waals surface area contributed by atoms with Crippen LogP contribution in [0.1, 0.15) is 0 Å². The second-order valence-corrected chi connectivity index (χ2v) is 1.91. The molecule has 1 atom stereocenters. The molecule has 1 heterocycles. The average Bonchev–Trinajstić information content (AvgIpc) is 2.34. The number of aliphatic imine (C=N–C) groups is 1. The lowest BCUT2D eigenvalue weighted by Gasteiger charge is -2.11. The molecule has 8 nitrogen and oxygen atoms in total. The van der Waals surface area contributed by atoms with E-state index in [1.54, 1.807) is 5.43 Å². The second-order valence-electron chi connectivity index (χ2n) is 1.91. The van der Waals surface area contributed by atoms with Gasteiger partial charge in [0.25, 0.3) is 11.7 Å². The summed E-state index contributed by atoms with van der Waals surface area (Å²) in [4.78, 5) is 23.7. The van der Waals surface area contributed by atoms with Gasteiger partial charge in [-0.1, -0.05) is 0 Å². The number of nitrogens with two attached hydrogens (primary N) is 1. The van der Waals surface area contributed by atoms with Gasteiger partial charge in [-0.15, -0.1) is 4.91 Å². The van der Waals surface area contributed by atoms with Crippen LogP contribution in [0.3, 0.4) is 0 Å². The first-order chi connectivity index (χ1) is 5.66. The van der Waals surface area contributed by atoms with Crippen molar-refractivity contribution in [1.82, 2.24) is 5.43 Å². The maximum atomic E-state index is 10.8. The Balaban J connectivity index is 2.95. The molecular formula is C4H5N5O3. The number of nitrogens with one attached hydrogen (secondary N) is 2. The molecule has 0 saturated heterocycles. The monoisotopic (exact) mass is 171 g/mol.